The number of nitrogens with zero attached hydrogens (tertiary/aromatic N) is 1. The third-order valence-electron chi connectivity index (χ3n) is 16.8. The van der Waals surface area contributed by atoms with Crippen LogP contribution in [0.1, 0.15) is 88.5 Å². The summed E-state index contributed by atoms with van der Waals surface area (Å²) in [6, 6.07) is 49.6. The Bertz CT molecular complexity index is 2820. The monoisotopic (exact) mass is 743 g/mol. The second kappa shape index (κ2) is 10.6. The van der Waals surface area contributed by atoms with Crippen molar-refractivity contribution in [1.29, 1.82) is 0 Å². The molecule has 0 N–H and O–H groups in total. The number of hydrogen-bond donors (Lipinski definition) is 0. The summed E-state index contributed by atoms with van der Waals surface area (Å²) in [4.78, 5) is 2.61. The molecule has 6 atom stereocenters. The molecule has 7 aromatic rings. The van der Waals surface area contributed by atoms with Crippen LogP contribution < -0.4 is 4.90 Å². The van der Waals surface area contributed by atoms with Crippen LogP contribution in [0.25, 0.3) is 42.4 Å². The van der Waals surface area contributed by atoms with Crippen molar-refractivity contribution in [1.82, 2.24) is 0 Å². The van der Waals surface area contributed by atoms with Crippen LogP contribution in [0.3, 0.4) is 0 Å². The fourth-order valence-electron chi connectivity index (χ4n) is 14.6. The van der Waals surface area contributed by atoms with E-state index in [1.54, 1.807) is 11.1 Å². The summed E-state index contributed by atoms with van der Waals surface area (Å²) in [6.07, 6.45) is 8.29. The van der Waals surface area contributed by atoms with Gasteiger partial charge in [-0.05, 0) is 153 Å². The summed E-state index contributed by atoms with van der Waals surface area (Å²) < 4.78 is 2.70. The largest absolute Gasteiger partial charge is 0.309 e. The average molecular weight is 744 g/mol. The van der Waals surface area contributed by atoms with Crippen molar-refractivity contribution in [2.75, 3.05) is 4.90 Å². The van der Waals surface area contributed by atoms with Crippen molar-refractivity contribution in [2.24, 2.45) is 29.1 Å². The van der Waals surface area contributed by atoms with Crippen molar-refractivity contribution in [3.63, 3.8) is 0 Å². The van der Waals surface area contributed by atoms with Crippen LogP contribution >= 0.6 is 11.3 Å². The van der Waals surface area contributed by atoms with Crippen molar-refractivity contribution in [3.8, 4) is 22.3 Å². The quantitative estimate of drug-likeness (QED) is 0.174. The van der Waals surface area contributed by atoms with Crippen molar-refractivity contribution in [2.45, 2.75) is 82.5 Å². The van der Waals surface area contributed by atoms with Crippen LogP contribution in [0, 0.1) is 29.1 Å². The lowest BCUT2D eigenvalue weighted by Crippen LogP contribution is -2.73. The van der Waals surface area contributed by atoms with Crippen LogP contribution in [-0.4, -0.2) is 0 Å². The first-order chi connectivity index (χ1) is 27.2. The van der Waals surface area contributed by atoms with Gasteiger partial charge in [0.1, 0.15) is 0 Å². The topological polar surface area (TPSA) is 3.24 Å². The number of rotatable bonds is 4. The molecule has 6 unspecified atom stereocenters. The molecule has 0 radical (unpaired) electrons. The average Bonchev–Trinajstić information content (AvgIpc) is 3.95. The Kier molecular flexibility index (Phi) is 6.16. The molecule has 6 aliphatic carbocycles. The summed E-state index contributed by atoms with van der Waals surface area (Å²) >= 11 is 1.93. The smallest absolute Gasteiger partial charge is 0.0640 e. The van der Waals surface area contributed by atoms with E-state index >= 15 is 0 Å². The minimum Gasteiger partial charge on any atom is -0.309 e. The van der Waals surface area contributed by atoms with Crippen LogP contribution in [0.2, 0.25) is 0 Å². The Balaban J connectivity index is 0.994. The highest BCUT2D eigenvalue weighted by molar-refractivity contribution is 7.26. The number of fused-ring (bicyclic) bond motifs is 12. The molecule has 2 spiro atoms. The molecule has 0 amide bonds. The molecule has 2 heteroatoms. The minimum atomic E-state index is 0.0566. The van der Waals surface area contributed by atoms with Gasteiger partial charge < -0.3 is 4.90 Å². The summed E-state index contributed by atoms with van der Waals surface area (Å²) in [5.41, 5.74) is 16.9. The summed E-state index contributed by atoms with van der Waals surface area (Å²) in [5, 5.41) is 2.69. The van der Waals surface area contributed by atoms with E-state index in [9.17, 15) is 0 Å². The van der Waals surface area contributed by atoms with Crippen molar-refractivity contribution in [3.05, 3.63) is 150 Å². The van der Waals surface area contributed by atoms with Crippen LogP contribution in [0.5, 0.6) is 0 Å². The molecular formula is C54H49NS. The van der Waals surface area contributed by atoms with Crippen LogP contribution in [0.15, 0.2) is 127 Å². The molecule has 0 saturated heterocycles. The highest BCUT2D eigenvalue weighted by Gasteiger charge is 2.84. The van der Waals surface area contributed by atoms with Gasteiger partial charge in [0.2, 0.25) is 0 Å². The van der Waals surface area contributed by atoms with E-state index in [0.717, 1.165) is 23.7 Å². The van der Waals surface area contributed by atoms with Crippen LogP contribution in [0.4, 0.5) is 17.1 Å². The van der Waals surface area contributed by atoms with Gasteiger partial charge in [-0.2, -0.15) is 0 Å². The molecule has 0 aliphatic heterocycles. The summed E-state index contributed by atoms with van der Waals surface area (Å²) in [7, 11) is 0. The summed E-state index contributed by atoms with van der Waals surface area (Å²) in [5.74, 6) is 3.62. The molecule has 1 heterocycles. The Hall–Kier alpha value is -4.66. The lowest BCUT2D eigenvalue weighted by molar-refractivity contribution is -0.231. The van der Waals surface area contributed by atoms with E-state index < -0.39 is 0 Å². The zero-order chi connectivity index (χ0) is 37.3. The highest BCUT2D eigenvalue weighted by Crippen LogP contribution is 2.89. The maximum atomic E-state index is 2.61. The number of anilines is 3. The Morgan fingerprint density at radius 3 is 2.12 bits per heavy atom. The second-order valence-corrected chi connectivity index (χ2v) is 21.0. The fraction of sp³-hybridized carbons (Fsp3) is 0.333. The fourth-order valence-corrected chi connectivity index (χ4v) is 15.8. The maximum Gasteiger partial charge on any atom is 0.0640 e. The third kappa shape index (κ3) is 3.75. The van der Waals surface area contributed by atoms with Crippen LogP contribution in [-0.2, 0) is 16.2 Å². The van der Waals surface area contributed by atoms with E-state index in [2.05, 4.69) is 160 Å². The number of hydrogen-bond acceptors (Lipinski definition) is 2. The molecule has 6 aliphatic rings. The van der Waals surface area contributed by atoms with Gasteiger partial charge in [0.25, 0.3) is 0 Å². The van der Waals surface area contributed by atoms with Gasteiger partial charge in [0.15, 0.2) is 0 Å². The standard InChI is InChI=1S/C54H49NS/c1-51(2)26-27-52(3,4)49-42(51)18-11-19-43(49)55(44-20-10-15-38-37-12-6-8-21-45(37)56-50(38)44)35-24-22-33(23-25-35)36-14-9-17-41-48(36)39-13-5-7-16-40(39)54(41)46-29-32-28-34-30-47(54)53(34,46)31-32/h5-25,32,34,46-47H,26-31H2,1-4H3. The molecule has 1 aromatic heterocycles. The number of thiophene rings is 1. The normalized spacial score (nSPS) is 29.1. The summed E-state index contributed by atoms with van der Waals surface area (Å²) in [6.45, 7) is 9.83. The van der Waals surface area contributed by atoms with Crippen molar-refractivity contribution < 1.29 is 0 Å². The van der Waals surface area contributed by atoms with Gasteiger partial charge >= 0.3 is 0 Å². The molecular weight excluding hydrogens is 695 g/mol. The van der Waals surface area contributed by atoms with Crippen molar-refractivity contribution >= 4 is 48.6 Å². The zero-order valence-corrected chi connectivity index (χ0v) is 33.8. The predicted octanol–water partition coefficient (Wildman–Crippen LogP) is 14.9. The lowest BCUT2D eigenvalue weighted by atomic mass is 9.27. The first-order valence-corrected chi connectivity index (χ1v) is 22.2. The van der Waals surface area contributed by atoms with Gasteiger partial charge in [-0.1, -0.05) is 125 Å². The highest BCUT2D eigenvalue weighted by atomic mass is 32.1. The molecule has 1 nitrogen and oxygen atoms in total. The van der Waals surface area contributed by atoms with E-state index in [1.807, 2.05) is 11.3 Å². The second-order valence-electron chi connectivity index (χ2n) is 19.9. The Morgan fingerprint density at radius 1 is 0.571 bits per heavy atom. The van der Waals surface area contributed by atoms with E-state index in [-0.39, 0.29) is 16.2 Å². The molecule has 4 saturated carbocycles. The molecule has 2 bridgehead atoms. The van der Waals surface area contributed by atoms with E-state index in [0.29, 0.717) is 5.41 Å². The molecule has 56 heavy (non-hydrogen) atoms. The molecule has 4 fully saturated rings. The third-order valence-corrected chi connectivity index (χ3v) is 18.0. The first kappa shape index (κ1) is 32.4. The number of benzene rings is 6. The lowest BCUT2D eigenvalue weighted by Gasteiger charge is -2.76. The molecule has 276 valence electrons. The van der Waals surface area contributed by atoms with Gasteiger partial charge in [0, 0.05) is 26.6 Å². The van der Waals surface area contributed by atoms with Gasteiger partial charge in [-0.25, -0.2) is 0 Å². The Morgan fingerprint density at radius 2 is 1.25 bits per heavy atom. The zero-order valence-electron chi connectivity index (χ0n) is 33.0. The Labute approximate surface area is 335 Å². The van der Waals surface area contributed by atoms with Gasteiger partial charge in [-0.15, -0.1) is 11.3 Å². The minimum absolute atomic E-state index is 0.0566. The predicted molar refractivity (Wildman–Crippen MR) is 236 cm³/mol. The van der Waals surface area contributed by atoms with E-state index in [4.69, 9.17) is 0 Å². The van der Waals surface area contributed by atoms with Gasteiger partial charge in [-0.3, -0.25) is 0 Å². The molecule has 13 rings (SSSR count). The first-order valence-electron chi connectivity index (χ1n) is 21.4. The SMILES string of the molecule is CC1(C)CCC(C)(C)c2c(N(c3ccc(-c4cccc5c4-c4ccccc4C54C5CC6CC7CC4C75C6)cc3)c3cccc4c3sc3ccccc34)cccc21. The molecule has 6 aromatic carbocycles. The van der Waals surface area contributed by atoms with Gasteiger partial charge in [0.05, 0.1) is 16.1 Å². The maximum absolute atomic E-state index is 2.61. The van der Waals surface area contributed by atoms with E-state index in [1.165, 1.54) is 109 Å².